The standard InChI is InChI=1S/C19H21NO3/c1-3-22-19(21)13-15(2)20-17-9-11-18(12-10-17)23-14-16-7-5-4-6-8-16/h4-13,20H,3,14H2,1-2H3/b15-13-. The summed E-state index contributed by atoms with van der Waals surface area (Å²) >= 11 is 0. The number of anilines is 1. The van der Waals surface area contributed by atoms with E-state index in [1.807, 2.05) is 61.5 Å². The molecule has 0 heterocycles. The second kappa shape index (κ2) is 8.63. The zero-order valence-electron chi connectivity index (χ0n) is 13.4. The first-order chi connectivity index (χ1) is 11.2. The van der Waals surface area contributed by atoms with E-state index in [0.29, 0.717) is 13.2 Å². The molecule has 4 heteroatoms. The minimum absolute atomic E-state index is 0.347. The van der Waals surface area contributed by atoms with Crippen molar-refractivity contribution < 1.29 is 14.3 Å². The van der Waals surface area contributed by atoms with Crippen molar-refractivity contribution in [2.75, 3.05) is 11.9 Å². The van der Waals surface area contributed by atoms with Crippen LogP contribution in [0.1, 0.15) is 19.4 Å². The SMILES string of the molecule is CCOC(=O)/C=C(/C)Nc1ccc(OCc2ccccc2)cc1. The predicted octanol–water partition coefficient (Wildman–Crippen LogP) is 4.14. The third-order valence-electron chi connectivity index (χ3n) is 3.07. The summed E-state index contributed by atoms with van der Waals surface area (Å²) in [5, 5.41) is 3.14. The van der Waals surface area contributed by atoms with Crippen molar-refractivity contribution in [3.8, 4) is 5.75 Å². The van der Waals surface area contributed by atoms with E-state index in [2.05, 4.69) is 5.32 Å². The van der Waals surface area contributed by atoms with Crippen LogP contribution in [0.4, 0.5) is 5.69 Å². The van der Waals surface area contributed by atoms with Gasteiger partial charge in [-0.1, -0.05) is 30.3 Å². The van der Waals surface area contributed by atoms with Crippen LogP contribution in [-0.2, 0) is 16.1 Å². The number of esters is 1. The van der Waals surface area contributed by atoms with E-state index in [-0.39, 0.29) is 5.97 Å². The van der Waals surface area contributed by atoms with Crippen LogP contribution < -0.4 is 10.1 Å². The number of hydrogen-bond acceptors (Lipinski definition) is 4. The summed E-state index contributed by atoms with van der Waals surface area (Å²) in [6, 6.07) is 17.6. The highest BCUT2D eigenvalue weighted by atomic mass is 16.5. The Hall–Kier alpha value is -2.75. The second-order valence-corrected chi connectivity index (χ2v) is 5.00. The van der Waals surface area contributed by atoms with Gasteiger partial charge in [-0.05, 0) is 43.7 Å². The zero-order chi connectivity index (χ0) is 16.5. The molecule has 0 radical (unpaired) electrons. The second-order valence-electron chi connectivity index (χ2n) is 5.00. The number of ether oxygens (including phenoxy) is 2. The van der Waals surface area contributed by atoms with Gasteiger partial charge in [0, 0.05) is 17.5 Å². The summed E-state index contributed by atoms with van der Waals surface area (Å²) in [6.45, 7) is 4.50. The molecule has 0 saturated carbocycles. The number of carbonyl (C=O) groups excluding carboxylic acids is 1. The van der Waals surface area contributed by atoms with Crippen LogP contribution in [0.5, 0.6) is 5.75 Å². The molecule has 1 N–H and O–H groups in total. The lowest BCUT2D eigenvalue weighted by atomic mass is 10.2. The Balaban J connectivity index is 1.88. The number of rotatable bonds is 7. The van der Waals surface area contributed by atoms with E-state index < -0.39 is 0 Å². The molecule has 0 fully saturated rings. The molecule has 0 aliphatic rings. The van der Waals surface area contributed by atoms with Crippen LogP contribution in [0.25, 0.3) is 0 Å². The molecule has 23 heavy (non-hydrogen) atoms. The normalized spacial score (nSPS) is 11.0. The van der Waals surface area contributed by atoms with Crippen molar-refractivity contribution in [2.24, 2.45) is 0 Å². The molecule has 0 spiro atoms. The lowest BCUT2D eigenvalue weighted by Crippen LogP contribution is -2.04. The summed E-state index contributed by atoms with van der Waals surface area (Å²) in [7, 11) is 0. The van der Waals surface area contributed by atoms with Crippen molar-refractivity contribution >= 4 is 11.7 Å². The molecule has 0 unspecified atom stereocenters. The van der Waals surface area contributed by atoms with E-state index in [1.165, 1.54) is 6.08 Å². The fraction of sp³-hybridized carbons (Fsp3) is 0.211. The van der Waals surface area contributed by atoms with Gasteiger partial charge in [0.15, 0.2) is 0 Å². The van der Waals surface area contributed by atoms with Crippen LogP contribution >= 0.6 is 0 Å². The molecule has 0 aliphatic heterocycles. The van der Waals surface area contributed by atoms with Crippen LogP contribution in [0.2, 0.25) is 0 Å². The van der Waals surface area contributed by atoms with Gasteiger partial charge in [0.2, 0.25) is 0 Å². The molecule has 0 bridgehead atoms. The first-order valence-electron chi connectivity index (χ1n) is 7.56. The van der Waals surface area contributed by atoms with Crippen molar-refractivity contribution in [3.05, 3.63) is 71.9 Å². The fourth-order valence-corrected chi connectivity index (χ4v) is 2.00. The van der Waals surface area contributed by atoms with Crippen LogP contribution in [-0.4, -0.2) is 12.6 Å². The van der Waals surface area contributed by atoms with Gasteiger partial charge in [0.05, 0.1) is 6.61 Å². The highest BCUT2D eigenvalue weighted by Gasteiger charge is 2.00. The molecule has 0 saturated heterocycles. The predicted molar refractivity (Wildman–Crippen MR) is 91.2 cm³/mol. The van der Waals surface area contributed by atoms with Gasteiger partial charge in [-0.15, -0.1) is 0 Å². The Morgan fingerprint density at radius 3 is 2.43 bits per heavy atom. The Morgan fingerprint density at radius 1 is 1.09 bits per heavy atom. The van der Waals surface area contributed by atoms with Crippen LogP contribution in [0.3, 0.4) is 0 Å². The maximum atomic E-state index is 11.4. The fourth-order valence-electron chi connectivity index (χ4n) is 2.00. The van der Waals surface area contributed by atoms with Gasteiger partial charge >= 0.3 is 5.97 Å². The lowest BCUT2D eigenvalue weighted by molar-refractivity contribution is -0.137. The van der Waals surface area contributed by atoms with Gasteiger partial charge in [-0.3, -0.25) is 0 Å². The lowest BCUT2D eigenvalue weighted by Gasteiger charge is -2.09. The average molecular weight is 311 g/mol. The van der Waals surface area contributed by atoms with Gasteiger partial charge in [-0.2, -0.15) is 0 Å². The molecule has 0 aliphatic carbocycles. The number of allylic oxidation sites excluding steroid dienone is 1. The summed E-state index contributed by atoms with van der Waals surface area (Å²) < 4.78 is 10.6. The van der Waals surface area contributed by atoms with Gasteiger partial charge in [0.1, 0.15) is 12.4 Å². The van der Waals surface area contributed by atoms with Crippen molar-refractivity contribution in [3.63, 3.8) is 0 Å². The largest absolute Gasteiger partial charge is 0.489 e. The number of nitrogens with one attached hydrogen (secondary N) is 1. The molecule has 2 aromatic carbocycles. The van der Waals surface area contributed by atoms with Gasteiger partial charge < -0.3 is 14.8 Å². The minimum atomic E-state index is -0.347. The van der Waals surface area contributed by atoms with E-state index in [4.69, 9.17) is 9.47 Å². The van der Waals surface area contributed by atoms with Crippen molar-refractivity contribution in [2.45, 2.75) is 20.5 Å². The van der Waals surface area contributed by atoms with E-state index in [1.54, 1.807) is 6.92 Å². The van der Waals surface area contributed by atoms with Gasteiger partial charge in [0.25, 0.3) is 0 Å². The molecular weight excluding hydrogens is 290 g/mol. The number of benzene rings is 2. The summed E-state index contributed by atoms with van der Waals surface area (Å²) in [5.74, 6) is 0.451. The average Bonchev–Trinajstić information content (AvgIpc) is 2.55. The quantitative estimate of drug-likeness (QED) is 0.616. The maximum absolute atomic E-state index is 11.4. The van der Waals surface area contributed by atoms with E-state index in [9.17, 15) is 4.79 Å². The highest BCUT2D eigenvalue weighted by Crippen LogP contribution is 2.18. The minimum Gasteiger partial charge on any atom is -0.489 e. The number of hydrogen-bond donors (Lipinski definition) is 1. The first-order valence-corrected chi connectivity index (χ1v) is 7.56. The summed E-state index contributed by atoms with van der Waals surface area (Å²) in [4.78, 5) is 11.4. The molecule has 2 rings (SSSR count). The number of carbonyl (C=O) groups is 1. The topological polar surface area (TPSA) is 47.6 Å². The Bertz CT molecular complexity index is 648. The molecule has 4 nitrogen and oxygen atoms in total. The molecule has 2 aromatic rings. The zero-order valence-corrected chi connectivity index (χ0v) is 13.4. The molecule has 0 atom stereocenters. The molecule has 120 valence electrons. The molecule has 0 aromatic heterocycles. The molecular formula is C19H21NO3. The Labute approximate surface area is 136 Å². The monoisotopic (exact) mass is 311 g/mol. The maximum Gasteiger partial charge on any atom is 0.332 e. The molecule has 0 amide bonds. The first kappa shape index (κ1) is 16.6. The summed E-state index contributed by atoms with van der Waals surface area (Å²) in [5.41, 5.74) is 2.74. The third-order valence-corrected chi connectivity index (χ3v) is 3.07. The Morgan fingerprint density at radius 2 is 1.78 bits per heavy atom. The highest BCUT2D eigenvalue weighted by molar-refractivity contribution is 5.83. The van der Waals surface area contributed by atoms with E-state index in [0.717, 1.165) is 22.7 Å². The van der Waals surface area contributed by atoms with Crippen molar-refractivity contribution in [1.29, 1.82) is 0 Å². The third kappa shape index (κ3) is 5.87. The Kier molecular flexibility index (Phi) is 6.24. The van der Waals surface area contributed by atoms with E-state index >= 15 is 0 Å². The van der Waals surface area contributed by atoms with Gasteiger partial charge in [-0.25, -0.2) is 4.79 Å². The van der Waals surface area contributed by atoms with Crippen LogP contribution in [0, 0.1) is 0 Å². The van der Waals surface area contributed by atoms with Crippen molar-refractivity contribution in [1.82, 2.24) is 0 Å². The smallest absolute Gasteiger partial charge is 0.332 e. The summed E-state index contributed by atoms with van der Waals surface area (Å²) in [6.07, 6.45) is 1.43. The van der Waals surface area contributed by atoms with Crippen LogP contribution in [0.15, 0.2) is 66.4 Å².